The lowest BCUT2D eigenvalue weighted by atomic mass is 10.1. The van der Waals surface area contributed by atoms with Gasteiger partial charge in [0.15, 0.2) is 0 Å². The van der Waals surface area contributed by atoms with E-state index in [1.165, 1.54) is 0 Å². The zero-order valence-corrected chi connectivity index (χ0v) is 19.2. The van der Waals surface area contributed by atoms with E-state index in [4.69, 9.17) is 4.74 Å². The molecule has 2 aromatic carbocycles. The van der Waals surface area contributed by atoms with Gasteiger partial charge in [-0.2, -0.15) is 4.31 Å². The average Bonchev–Trinajstić information content (AvgIpc) is 3.10. The van der Waals surface area contributed by atoms with Crippen molar-refractivity contribution in [2.24, 2.45) is 0 Å². The number of para-hydroxylation sites is 2. The summed E-state index contributed by atoms with van der Waals surface area (Å²) < 4.78 is 34.1. The number of anilines is 2. The summed E-state index contributed by atoms with van der Waals surface area (Å²) in [6.07, 6.45) is 0.159. The molecular weight excluding hydrogens is 434 g/mol. The quantitative estimate of drug-likeness (QED) is 0.700. The number of ether oxygens (including phenoxy) is 1. The second kappa shape index (κ2) is 7.72. The van der Waals surface area contributed by atoms with Crippen LogP contribution in [-0.2, 0) is 21.2 Å². The summed E-state index contributed by atoms with van der Waals surface area (Å²) in [5.74, 6) is 0.777. The fourth-order valence-corrected chi connectivity index (χ4v) is 7.47. The van der Waals surface area contributed by atoms with Crippen molar-refractivity contribution >= 4 is 39.1 Å². The van der Waals surface area contributed by atoms with E-state index in [1.807, 2.05) is 30.3 Å². The van der Waals surface area contributed by atoms with Gasteiger partial charge in [0.05, 0.1) is 29.8 Å². The fourth-order valence-electron chi connectivity index (χ4n) is 4.67. The highest BCUT2D eigenvalue weighted by molar-refractivity contribution is 8.00. The molecule has 0 unspecified atom stereocenters. The number of benzene rings is 2. The summed E-state index contributed by atoms with van der Waals surface area (Å²) in [4.78, 5) is 17.8. The van der Waals surface area contributed by atoms with Crippen LogP contribution in [0, 0.1) is 0 Å². The van der Waals surface area contributed by atoms with Crippen molar-refractivity contribution in [2.45, 2.75) is 28.4 Å². The van der Waals surface area contributed by atoms with E-state index in [0.29, 0.717) is 43.5 Å². The Morgan fingerprint density at radius 1 is 1.06 bits per heavy atom. The van der Waals surface area contributed by atoms with Crippen molar-refractivity contribution in [3.05, 3.63) is 42.0 Å². The van der Waals surface area contributed by atoms with Gasteiger partial charge in [0, 0.05) is 48.4 Å². The van der Waals surface area contributed by atoms with Gasteiger partial charge in [-0.3, -0.25) is 4.79 Å². The molecule has 7 nitrogen and oxygen atoms in total. The first kappa shape index (κ1) is 20.7. The molecule has 0 bridgehead atoms. The Hall–Kier alpha value is -2.23. The minimum Gasteiger partial charge on any atom is -0.495 e. The summed E-state index contributed by atoms with van der Waals surface area (Å²) in [6.45, 7) is 4.66. The largest absolute Gasteiger partial charge is 0.495 e. The number of amides is 1. The minimum absolute atomic E-state index is 0.00737. The van der Waals surface area contributed by atoms with Crippen LogP contribution in [0.25, 0.3) is 0 Å². The molecule has 1 atom stereocenters. The Balaban J connectivity index is 1.41. The Kier molecular flexibility index (Phi) is 5.15. The second-order valence-corrected chi connectivity index (χ2v) is 11.4. The molecule has 3 heterocycles. The van der Waals surface area contributed by atoms with E-state index in [9.17, 15) is 13.2 Å². The summed E-state index contributed by atoms with van der Waals surface area (Å²) in [6, 6.07) is 11.3. The topological polar surface area (TPSA) is 70.2 Å². The normalized spacial score (nSPS) is 21.4. The smallest absolute Gasteiger partial charge is 0.243 e. The number of carbonyl (C=O) groups excluding carboxylic acids is 1. The van der Waals surface area contributed by atoms with Gasteiger partial charge in [-0.25, -0.2) is 8.42 Å². The molecule has 1 saturated heterocycles. The predicted octanol–water partition coefficient (Wildman–Crippen LogP) is 2.59. The van der Waals surface area contributed by atoms with Gasteiger partial charge in [-0.05, 0) is 24.3 Å². The molecule has 3 aliphatic rings. The number of rotatable bonds is 4. The molecular formula is C22H25N3O4S2. The first-order valence-electron chi connectivity index (χ1n) is 10.4. The number of sulfonamides is 1. The molecule has 1 fully saturated rings. The molecule has 9 heteroatoms. The van der Waals surface area contributed by atoms with Gasteiger partial charge >= 0.3 is 0 Å². The van der Waals surface area contributed by atoms with Crippen LogP contribution in [0.3, 0.4) is 0 Å². The van der Waals surface area contributed by atoms with Crippen molar-refractivity contribution in [2.75, 3.05) is 49.6 Å². The molecule has 0 aromatic heterocycles. The summed E-state index contributed by atoms with van der Waals surface area (Å²) in [7, 11) is -2.04. The number of carbonyl (C=O) groups is 1. The van der Waals surface area contributed by atoms with Crippen molar-refractivity contribution in [1.82, 2.24) is 4.31 Å². The Morgan fingerprint density at radius 2 is 1.81 bits per heavy atom. The molecule has 3 aliphatic heterocycles. The van der Waals surface area contributed by atoms with E-state index in [2.05, 4.69) is 11.8 Å². The Morgan fingerprint density at radius 3 is 2.55 bits per heavy atom. The first-order valence-corrected chi connectivity index (χ1v) is 12.7. The van der Waals surface area contributed by atoms with Gasteiger partial charge < -0.3 is 14.5 Å². The monoisotopic (exact) mass is 459 g/mol. The third kappa shape index (κ3) is 3.39. The van der Waals surface area contributed by atoms with E-state index in [0.717, 1.165) is 22.0 Å². The number of hydrogen-bond acceptors (Lipinski definition) is 6. The van der Waals surface area contributed by atoms with Crippen LogP contribution in [0.4, 0.5) is 11.4 Å². The maximum Gasteiger partial charge on any atom is 0.243 e. The molecule has 31 heavy (non-hydrogen) atoms. The molecule has 0 N–H and O–H groups in total. The summed E-state index contributed by atoms with van der Waals surface area (Å²) in [5, 5.41) is 0.299. The molecule has 0 aliphatic carbocycles. The molecule has 0 saturated carbocycles. The van der Waals surface area contributed by atoms with Crippen molar-refractivity contribution in [3.63, 3.8) is 0 Å². The number of thioether (sulfide) groups is 1. The molecule has 0 radical (unpaired) electrons. The summed E-state index contributed by atoms with van der Waals surface area (Å²) >= 11 is 1.71. The summed E-state index contributed by atoms with van der Waals surface area (Å²) in [5.41, 5.74) is 2.44. The minimum atomic E-state index is -3.68. The van der Waals surface area contributed by atoms with Gasteiger partial charge in [-0.15, -0.1) is 11.8 Å². The van der Waals surface area contributed by atoms with Crippen LogP contribution in [0.1, 0.15) is 12.5 Å². The number of nitrogens with zero attached hydrogens (tertiary/aromatic N) is 3. The average molecular weight is 460 g/mol. The zero-order valence-electron chi connectivity index (χ0n) is 17.6. The maximum absolute atomic E-state index is 13.6. The number of methoxy groups -OCH3 is 1. The SMILES string of the molecule is COc1ccccc1N1CCN(S(=O)(=O)c2ccc3c4c2CC(=O)N4C[C@H](C)S3)CC1. The van der Waals surface area contributed by atoms with Gasteiger partial charge in [0.1, 0.15) is 5.75 Å². The standard InChI is InChI=1S/C22H25N3O4S2/c1-15-14-25-21(26)13-16-20(8-7-19(30-15)22(16)25)31(27,28)24-11-9-23(10-12-24)17-5-3-4-6-18(17)29-2/h3-8,15H,9-14H2,1-2H3/t15-/m0/s1. The lowest BCUT2D eigenvalue weighted by Crippen LogP contribution is -2.48. The number of hydrogen-bond donors (Lipinski definition) is 0. The highest BCUT2D eigenvalue weighted by Crippen LogP contribution is 2.47. The van der Waals surface area contributed by atoms with E-state index < -0.39 is 10.0 Å². The zero-order chi connectivity index (χ0) is 21.8. The highest BCUT2D eigenvalue weighted by Gasteiger charge is 2.40. The maximum atomic E-state index is 13.6. The molecule has 1 amide bonds. The molecule has 2 aromatic rings. The van der Waals surface area contributed by atoms with Crippen molar-refractivity contribution in [3.8, 4) is 5.75 Å². The van der Waals surface area contributed by atoms with E-state index in [1.54, 1.807) is 34.1 Å². The lowest BCUT2D eigenvalue weighted by molar-refractivity contribution is -0.117. The van der Waals surface area contributed by atoms with Gasteiger partial charge in [-0.1, -0.05) is 19.1 Å². The van der Waals surface area contributed by atoms with E-state index >= 15 is 0 Å². The first-order chi connectivity index (χ1) is 14.9. The van der Waals surface area contributed by atoms with Crippen LogP contribution in [0.2, 0.25) is 0 Å². The Bertz CT molecular complexity index is 1140. The van der Waals surface area contributed by atoms with Crippen molar-refractivity contribution < 1.29 is 17.9 Å². The lowest BCUT2D eigenvalue weighted by Gasteiger charge is -2.36. The van der Waals surface area contributed by atoms with Gasteiger partial charge in [0.2, 0.25) is 15.9 Å². The van der Waals surface area contributed by atoms with Crippen LogP contribution in [0.15, 0.2) is 46.2 Å². The van der Waals surface area contributed by atoms with Gasteiger partial charge in [0.25, 0.3) is 0 Å². The molecule has 5 rings (SSSR count). The third-order valence-corrected chi connectivity index (χ3v) is 9.27. The highest BCUT2D eigenvalue weighted by atomic mass is 32.2. The fraction of sp³-hybridized carbons (Fsp3) is 0.409. The third-order valence-electron chi connectivity index (χ3n) is 6.15. The van der Waals surface area contributed by atoms with E-state index in [-0.39, 0.29) is 17.2 Å². The van der Waals surface area contributed by atoms with Crippen LogP contribution in [-0.4, -0.2) is 63.7 Å². The predicted molar refractivity (Wildman–Crippen MR) is 122 cm³/mol. The molecule has 0 spiro atoms. The van der Waals surface area contributed by atoms with Crippen LogP contribution < -0.4 is 14.5 Å². The van der Waals surface area contributed by atoms with Crippen molar-refractivity contribution in [1.29, 1.82) is 0 Å². The number of piperazine rings is 1. The van der Waals surface area contributed by atoms with Crippen LogP contribution >= 0.6 is 11.8 Å². The van der Waals surface area contributed by atoms with Crippen LogP contribution in [0.5, 0.6) is 5.75 Å². The second-order valence-electron chi connectivity index (χ2n) is 8.06. The Labute approximate surface area is 187 Å². The molecule has 164 valence electrons.